The van der Waals surface area contributed by atoms with Crippen molar-refractivity contribution in [2.45, 2.75) is 32.2 Å². The van der Waals surface area contributed by atoms with Crippen LogP contribution in [0.15, 0.2) is 41.8 Å². The van der Waals surface area contributed by atoms with Gasteiger partial charge in [0.15, 0.2) is 0 Å². The standard InChI is InChI=1S/C20H25N3O2S/c1-2-10-23-11-8-16(9-12-23)21-19(24)15-5-3-6-17(14-15)22-20(25)18-7-4-13-26-18/h3-7,13-14,16H,2,8-12H2,1H3,(H,21,24)(H,22,25). The van der Waals surface area contributed by atoms with Crippen molar-refractivity contribution in [2.24, 2.45) is 0 Å². The highest BCUT2D eigenvalue weighted by atomic mass is 32.1. The number of likely N-dealkylation sites (tertiary alicyclic amines) is 1. The molecular weight excluding hydrogens is 346 g/mol. The largest absolute Gasteiger partial charge is 0.349 e. The van der Waals surface area contributed by atoms with Gasteiger partial charge in [-0.15, -0.1) is 11.3 Å². The Labute approximate surface area is 158 Å². The molecule has 0 aliphatic carbocycles. The first-order valence-electron chi connectivity index (χ1n) is 9.14. The number of rotatable bonds is 6. The Morgan fingerprint density at radius 1 is 1.15 bits per heavy atom. The second kappa shape index (κ2) is 8.96. The number of thiophene rings is 1. The molecule has 0 bridgehead atoms. The van der Waals surface area contributed by atoms with Gasteiger partial charge in [0.25, 0.3) is 11.8 Å². The molecule has 1 fully saturated rings. The van der Waals surface area contributed by atoms with E-state index in [0.29, 0.717) is 16.1 Å². The van der Waals surface area contributed by atoms with Crippen LogP contribution in [-0.4, -0.2) is 42.4 Å². The Balaban J connectivity index is 1.56. The maximum Gasteiger partial charge on any atom is 0.265 e. The molecule has 2 amide bonds. The zero-order chi connectivity index (χ0) is 18.4. The normalized spacial score (nSPS) is 15.6. The van der Waals surface area contributed by atoms with Crippen LogP contribution >= 0.6 is 11.3 Å². The molecule has 0 saturated carbocycles. The number of hydrogen-bond donors (Lipinski definition) is 2. The van der Waals surface area contributed by atoms with Gasteiger partial charge in [-0.3, -0.25) is 9.59 Å². The summed E-state index contributed by atoms with van der Waals surface area (Å²) in [6, 6.07) is 10.9. The minimum atomic E-state index is -0.152. The summed E-state index contributed by atoms with van der Waals surface area (Å²) in [5, 5.41) is 7.84. The molecule has 5 nitrogen and oxygen atoms in total. The first-order valence-corrected chi connectivity index (χ1v) is 10.0. The summed E-state index contributed by atoms with van der Waals surface area (Å²) in [6.07, 6.45) is 3.14. The first kappa shape index (κ1) is 18.6. The topological polar surface area (TPSA) is 61.4 Å². The van der Waals surface area contributed by atoms with Gasteiger partial charge in [-0.25, -0.2) is 0 Å². The van der Waals surface area contributed by atoms with Crippen LogP contribution < -0.4 is 10.6 Å². The molecule has 2 N–H and O–H groups in total. The number of hydrogen-bond acceptors (Lipinski definition) is 4. The lowest BCUT2D eigenvalue weighted by Gasteiger charge is -2.32. The Morgan fingerprint density at radius 3 is 2.65 bits per heavy atom. The highest BCUT2D eigenvalue weighted by molar-refractivity contribution is 7.12. The molecule has 1 aromatic heterocycles. The van der Waals surface area contributed by atoms with Gasteiger partial charge in [-0.1, -0.05) is 19.1 Å². The van der Waals surface area contributed by atoms with Crippen LogP contribution in [0.1, 0.15) is 46.2 Å². The molecule has 0 unspecified atom stereocenters. The molecule has 1 aromatic carbocycles. The van der Waals surface area contributed by atoms with Crippen molar-refractivity contribution in [2.75, 3.05) is 25.0 Å². The molecule has 0 radical (unpaired) electrons. The Kier molecular flexibility index (Phi) is 6.41. The van der Waals surface area contributed by atoms with Crippen molar-refractivity contribution in [3.8, 4) is 0 Å². The average Bonchev–Trinajstić information content (AvgIpc) is 3.19. The number of benzene rings is 1. The van der Waals surface area contributed by atoms with Crippen LogP contribution in [0.25, 0.3) is 0 Å². The van der Waals surface area contributed by atoms with E-state index in [-0.39, 0.29) is 17.9 Å². The second-order valence-electron chi connectivity index (χ2n) is 6.60. The number of amides is 2. The van der Waals surface area contributed by atoms with Crippen LogP contribution in [-0.2, 0) is 0 Å². The molecule has 1 aliphatic heterocycles. The lowest BCUT2D eigenvalue weighted by Crippen LogP contribution is -2.44. The number of nitrogens with one attached hydrogen (secondary N) is 2. The SMILES string of the molecule is CCCN1CCC(NC(=O)c2cccc(NC(=O)c3cccs3)c2)CC1. The smallest absolute Gasteiger partial charge is 0.265 e. The molecule has 138 valence electrons. The van der Waals surface area contributed by atoms with Crippen LogP contribution in [0.2, 0.25) is 0 Å². The van der Waals surface area contributed by atoms with Gasteiger partial charge in [0.1, 0.15) is 0 Å². The van der Waals surface area contributed by atoms with Crippen LogP contribution in [0, 0.1) is 0 Å². The van der Waals surface area contributed by atoms with E-state index in [0.717, 1.165) is 32.5 Å². The predicted octanol–water partition coefficient (Wildman–Crippen LogP) is 3.60. The summed E-state index contributed by atoms with van der Waals surface area (Å²) in [5.41, 5.74) is 1.21. The first-order chi connectivity index (χ1) is 12.7. The summed E-state index contributed by atoms with van der Waals surface area (Å²) in [6.45, 7) is 5.40. The molecule has 26 heavy (non-hydrogen) atoms. The number of carbonyl (C=O) groups is 2. The lowest BCUT2D eigenvalue weighted by atomic mass is 10.0. The summed E-state index contributed by atoms with van der Waals surface area (Å²) < 4.78 is 0. The quantitative estimate of drug-likeness (QED) is 0.815. The molecule has 3 rings (SSSR count). The molecule has 1 saturated heterocycles. The van der Waals surface area contributed by atoms with E-state index >= 15 is 0 Å². The fraction of sp³-hybridized carbons (Fsp3) is 0.400. The van der Waals surface area contributed by atoms with Crippen molar-refractivity contribution in [3.05, 3.63) is 52.2 Å². The van der Waals surface area contributed by atoms with E-state index in [4.69, 9.17) is 0 Å². The zero-order valence-electron chi connectivity index (χ0n) is 15.0. The Morgan fingerprint density at radius 2 is 1.96 bits per heavy atom. The van der Waals surface area contributed by atoms with Crippen LogP contribution in [0.3, 0.4) is 0 Å². The van der Waals surface area contributed by atoms with Crippen molar-refractivity contribution < 1.29 is 9.59 Å². The van der Waals surface area contributed by atoms with Gasteiger partial charge in [0.05, 0.1) is 4.88 Å². The third-order valence-corrected chi connectivity index (χ3v) is 5.46. The van der Waals surface area contributed by atoms with Gasteiger partial charge in [-0.05, 0) is 55.5 Å². The van der Waals surface area contributed by atoms with E-state index in [1.54, 1.807) is 30.3 Å². The van der Waals surface area contributed by atoms with E-state index in [2.05, 4.69) is 22.5 Å². The molecule has 1 aliphatic rings. The van der Waals surface area contributed by atoms with Crippen LogP contribution in [0.5, 0.6) is 0 Å². The van der Waals surface area contributed by atoms with Gasteiger partial charge in [-0.2, -0.15) is 0 Å². The summed E-state index contributed by atoms with van der Waals surface area (Å²) >= 11 is 1.39. The minimum Gasteiger partial charge on any atom is -0.349 e. The summed E-state index contributed by atoms with van der Waals surface area (Å²) in [5.74, 6) is -0.230. The van der Waals surface area contributed by atoms with Crippen molar-refractivity contribution in [3.63, 3.8) is 0 Å². The molecule has 6 heteroatoms. The molecule has 0 atom stereocenters. The fourth-order valence-electron chi connectivity index (χ4n) is 3.22. The highest BCUT2D eigenvalue weighted by Crippen LogP contribution is 2.16. The van der Waals surface area contributed by atoms with Gasteiger partial charge < -0.3 is 15.5 Å². The number of anilines is 1. The third-order valence-electron chi connectivity index (χ3n) is 4.59. The number of piperidine rings is 1. The zero-order valence-corrected chi connectivity index (χ0v) is 15.8. The summed E-state index contributed by atoms with van der Waals surface area (Å²) in [4.78, 5) is 27.8. The Hall–Kier alpha value is -2.18. The van der Waals surface area contributed by atoms with E-state index in [1.165, 1.54) is 17.8 Å². The van der Waals surface area contributed by atoms with Gasteiger partial charge in [0.2, 0.25) is 0 Å². The van der Waals surface area contributed by atoms with Gasteiger partial charge >= 0.3 is 0 Å². The number of nitrogens with zero attached hydrogens (tertiary/aromatic N) is 1. The molecule has 0 spiro atoms. The second-order valence-corrected chi connectivity index (χ2v) is 7.55. The average molecular weight is 372 g/mol. The third kappa shape index (κ3) is 4.93. The van der Waals surface area contributed by atoms with Crippen molar-refractivity contribution in [1.82, 2.24) is 10.2 Å². The van der Waals surface area contributed by atoms with E-state index < -0.39 is 0 Å². The fourth-order valence-corrected chi connectivity index (χ4v) is 3.84. The minimum absolute atomic E-state index is 0.0776. The van der Waals surface area contributed by atoms with E-state index in [9.17, 15) is 9.59 Å². The lowest BCUT2D eigenvalue weighted by molar-refractivity contribution is 0.0910. The maximum atomic E-state index is 12.6. The monoisotopic (exact) mass is 371 g/mol. The van der Waals surface area contributed by atoms with E-state index in [1.807, 2.05) is 11.4 Å². The molecule has 2 aromatic rings. The molecule has 2 heterocycles. The van der Waals surface area contributed by atoms with Crippen molar-refractivity contribution in [1.29, 1.82) is 0 Å². The number of carbonyl (C=O) groups excluding carboxylic acids is 2. The van der Waals surface area contributed by atoms with Crippen LogP contribution in [0.4, 0.5) is 5.69 Å². The summed E-state index contributed by atoms with van der Waals surface area (Å²) in [7, 11) is 0. The Bertz CT molecular complexity index is 737. The predicted molar refractivity (Wildman–Crippen MR) is 106 cm³/mol. The van der Waals surface area contributed by atoms with Gasteiger partial charge in [0, 0.05) is 30.4 Å². The maximum absolute atomic E-state index is 12.6. The molecular formula is C20H25N3O2S. The highest BCUT2D eigenvalue weighted by Gasteiger charge is 2.20. The van der Waals surface area contributed by atoms with Crippen molar-refractivity contribution >= 4 is 28.8 Å².